The highest BCUT2D eigenvalue weighted by atomic mass is 35.5. The minimum Gasteiger partial charge on any atom is -0.507 e. The SMILES string of the molecule is CC(C)C[C@@H](N)CNc1nc(-c2ccc(Cl)cc2O)nc2ccccc12. The maximum Gasteiger partial charge on any atom is 0.165 e. The van der Waals surface area contributed by atoms with Crippen LogP contribution in [0.25, 0.3) is 22.3 Å². The van der Waals surface area contributed by atoms with E-state index < -0.39 is 0 Å². The van der Waals surface area contributed by atoms with Gasteiger partial charge in [0.1, 0.15) is 11.6 Å². The number of phenolic OH excluding ortho intramolecular Hbond substituents is 1. The first-order chi connectivity index (χ1) is 12.4. The fraction of sp³-hybridized carbons (Fsp3) is 0.300. The lowest BCUT2D eigenvalue weighted by Crippen LogP contribution is -2.30. The number of nitrogens with zero attached hydrogens (tertiary/aromatic N) is 2. The summed E-state index contributed by atoms with van der Waals surface area (Å²) in [4.78, 5) is 9.22. The standard InChI is InChI=1S/C20H23ClN4O/c1-12(2)9-14(22)11-23-19-15-5-3-4-6-17(15)24-20(25-19)16-8-7-13(21)10-18(16)26/h3-8,10,12,14,26H,9,11,22H2,1-2H3,(H,23,24,25)/t14-/m1/s1. The third kappa shape index (κ3) is 4.23. The molecule has 2 aromatic carbocycles. The van der Waals surface area contributed by atoms with Crippen LogP contribution in [0.1, 0.15) is 20.3 Å². The van der Waals surface area contributed by atoms with Gasteiger partial charge in [0.15, 0.2) is 5.82 Å². The molecule has 0 saturated carbocycles. The largest absolute Gasteiger partial charge is 0.507 e. The molecular formula is C20H23ClN4O. The number of benzene rings is 2. The molecule has 0 bridgehead atoms. The Bertz CT molecular complexity index is 913. The predicted octanol–water partition coefficient (Wildman–Crippen LogP) is 4.44. The monoisotopic (exact) mass is 370 g/mol. The van der Waals surface area contributed by atoms with Crippen LogP contribution >= 0.6 is 11.6 Å². The molecule has 3 aromatic rings. The van der Waals surface area contributed by atoms with Crippen molar-refractivity contribution in [2.24, 2.45) is 11.7 Å². The van der Waals surface area contributed by atoms with Crippen LogP contribution in [0, 0.1) is 5.92 Å². The van der Waals surface area contributed by atoms with Gasteiger partial charge in [0, 0.05) is 23.0 Å². The number of fused-ring (bicyclic) bond motifs is 1. The van der Waals surface area contributed by atoms with Crippen LogP contribution in [0.4, 0.5) is 5.82 Å². The van der Waals surface area contributed by atoms with Crippen molar-refractivity contribution in [2.75, 3.05) is 11.9 Å². The molecule has 26 heavy (non-hydrogen) atoms. The molecule has 0 unspecified atom stereocenters. The number of para-hydroxylation sites is 1. The van der Waals surface area contributed by atoms with Gasteiger partial charge in [-0.3, -0.25) is 0 Å². The van der Waals surface area contributed by atoms with Crippen LogP contribution in [0.15, 0.2) is 42.5 Å². The van der Waals surface area contributed by atoms with Crippen molar-refractivity contribution in [2.45, 2.75) is 26.3 Å². The van der Waals surface area contributed by atoms with Gasteiger partial charge in [-0.15, -0.1) is 0 Å². The van der Waals surface area contributed by atoms with E-state index in [1.54, 1.807) is 12.1 Å². The molecule has 0 amide bonds. The molecule has 0 aliphatic carbocycles. The van der Waals surface area contributed by atoms with Crippen LogP contribution in [-0.4, -0.2) is 27.7 Å². The van der Waals surface area contributed by atoms with Crippen molar-refractivity contribution in [1.29, 1.82) is 0 Å². The second kappa shape index (κ2) is 7.89. The summed E-state index contributed by atoms with van der Waals surface area (Å²) in [5.41, 5.74) is 7.53. The number of phenols is 1. The van der Waals surface area contributed by atoms with Crippen molar-refractivity contribution in [1.82, 2.24) is 9.97 Å². The summed E-state index contributed by atoms with van der Waals surface area (Å²) in [7, 11) is 0. The van der Waals surface area contributed by atoms with E-state index in [1.165, 1.54) is 6.07 Å². The fourth-order valence-electron chi connectivity index (χ4n) is 2.94. The zero-order valence-electron chi connectivity index (χ0n) is 14.9. The summed E-state index contributed by atoms with van der Waals surface area (Å²) in [5.74, 6) is 1.74. The van der Waals surface area contributed by atoms with Gasteiger partial charge in [-0.2, -0.15) is 0 Å². The molecule has 4 N–H and O–H groups in total. The molecule has 136 valence electrons. The highest BCUT2D eigenvalue weighted by Crippen LogP contribution is 2.32. The van der Waals surface area contributed by atoms with Gasteiger partial charge in [0.2, 0.25) is 0 Å². The third-order valence-corrected chi connectivity index (χ3v) is 4.34. The lowest BCUT2D eigenvalue weighted by Gasteiger charge is -2.17. The number of aromatic nitrogens is 2. The zero-order valence-corrected chi connectivity index (χ0v) is 15.7. The topological polar surface area (TPSA) is 84.1 Å². The van der Waals surface area contributed by atoms with Gasteiger partial charge in [-0.1, -0.05) is 37.6 Å². The van der Waals surface area contributed by atoms with E-state index in [-0.39, 0.29) is 11.8 Å². The van der Waals surface area contributed by atoms with E-state index in [1.807, 2.05) is 24.3 Å². The van der Waals surface area contributed by atoms with E-state index in [0.29, 0.717) is 34.7 Å². The minimum atomic E-state index is 0.0381. The van der Waals surface area contributed by atoms with Gasteiger partial charge < -0.3 is 16.2 Å². The Morgan fingerprint density at radius 1 is 1.15 bits per heavy atom. The molecule has 0 aliphatic heterocycles. The first kappa shape index (κ1) is 18.4. The van der Waals surface area contributed by atoms with Crippen LogP contribution in [-0.2, 0) is 0 Å². The van der Waals surface area contributed by atoms with Gasteiger partial charge in [0.25, 0.3) is 0 Å². The molecule has 0 aliphatic rings. The Balaban J connectivity index is 1.98. The Morgan fingerprint density at radius 2 is 1.92 bits per heavy atom. The molecule has 0 saturated heterocycles. The smallest absolute Gasteiger partial charge is 0.165 e. The summed E-state index contributed by atoms with van der Waals surface area (Å²) in [5, 5.41) is 15.0. The summed E-state index contributed by atoms with van der Waals surface area (Å²) in [6.07, 6.45) is 0.931. The molecule has 1 aromatic heterocycles. The quantitative estimate of drug-likeness (QED) is 0.597. The average Bonchev–Trinajstić information content (AvgIpc) is 2.59. The Labute approximate surface area is 158 Å². The lowest BCUT2D eigenvalue weighted by atomic mass is 10.0. The van der Waals surface area contributed by atoms with Gasteiger partial charge in [-0.05, 0) is 42.7 Å². The summed E-state index contributed by atoms with van der Waals surface area (Å²) < 4.78 is 0. The molecule has 0 radical (unpaired) electrons. The highest BCUT2D eigenvalue weighted by Gasteiger charge is 2.13. The maximum absolute atomic E-state index is 10.2. The molecule has 1 atom stereocenters. The Kier molecular flexibility index (Phi) is 5.59. The second-order valence-corrected chi connectivity index (χ2v) is 7.28. The minimum absolute atomic E-state index is 0.0381. The number of nitrogens with two attached hydrogens (primary N) is 1. The van der Waals surface area contributed by atoms with Crippen molar-refractivity contribution < 1.29 is 5.11 Å². The first-order valence-corrected chi connectivity index (χ1v) is 9.07. The molecule has 1 heterocycles. The van der Waals surface area contributed by atoms with Crippen molar-refractivity contribution in [3.8, 4) is 17.1 Å². The number of nitrogens with one attached hydrogen (secondary N) is 1. The number of hydrogen-bond acceptors (Lipinski definition) is 5. The normalized spacial score (nSPS) is 12.5. The fourth-order valence-corrected chi connectivity index (χ4v) is 3.11. The number of rotatable bonds is 6. The Morgan fingerprint density at radius 3 is 2.65 bits per heavy atom. The number of anilines is 1. The van der Waals surface area contributed by atoms with E-state index in [9.17, 15) is 5.11 Å². The van der Waals surface area contributed by atoms with Gasteiger partial charge >= 0.3 is 0 Å². The van der Waals surface area contributed by atoms with Crippen molar-refractivity contribution in [3.05, 3.63) is 47.5 Å². The molecule has 6 heteroatoms. The van der Waals surface area contributed by atoms with E-state index in [2.05, 4.69) is 29.1 Å². The summed E-state index contributed by atoms with van der Waals surface area (Å²) in [6.45, 7) is 4.92. The number of halogens is 1. The van der Waals surface area contributed by atoms with Gasteiger partial charge in [0.05, 0.1) is 11.1 Å². The molecule has 0 spiro atoms. The van der Waals surface area contributed by atoms with E-state index in [0.717, 1.165) is 17.3 Å². The third-order valence-electron chi connectivity index (χ3n) is 4.11. The Hall–Kier alpha value is -2.37. The zero-order chi connectivity index (χ0) is 18.7. The molecule has 3 rings (SSSR count). The molecule has 5 nitrogen and oxygen atoms in total. The molecular weight excluding hydrogens is 348 g/mol. The van der Waals surface area contributed by atoms with Crippen LogP contribution in [0.5, 0.6) is 5.75 Å². The van der Waals surface area contributed by atoms with Gasteiger partial charge in [-0.25, -0.2) is 9.97 Å². The maximum atomic E-state index is 10.2. The summed E-state index contributed by atoms with van der Waals surface area (Å²) >= 11 is 5.93. The average molecular weight is 371 g/mol. The van der Waals surface area contributed by atoms with Crippen molar-refractivity contribution >= 4 is 28.3 Å². The van der Waals surface area contributed by atoms with Crippen molar-refractivity contribution in [3.63, 3.8) is 0 Å². The summed E-state index contributed by atoms with van der Waals surface area (Å²) in [6, 6.07) is 12.7. The number of hydrogen-bond donors (Lipinski definition) is 3. The highest BCUT2D eigenvalue weighted by molar-refractivity contribution is 6.30. The first-order valence-electron chi connectivity index (χ1n) is 8.69. The van der Waals surface area contributed by atoms with E-state index in [4.69, 9.17) is 17.3 Å². The predicted molar refractivity (Wildman–Crippen MR) is 108 cm³/mol. The van der Waals surface area contributed by atoms with E-state index >= 15 is 0 Å². The number of aromatic hydroxyl groups is 1. The lowest BCUT2D eigenvalue weighted by molar-refractivity contribution is 0.477. The second-order valence-electron chi connectivity index (χ2n) is 6.84. The molecule has 0 fully saturated rings. The van der Waals surface area contributed by atoms with Crippen LogP contribution in [0.3, 0.4) is 0 Å². The van der Waals surface area contributed by atoms with Crippen LogP contribution in [0.2, 0.25) is 5.02 Å². The van der Waals surface area contributed by atoms with Crippen LogP contribution < -0.4 is 11.1 Å².